The number of para-hydroxylation sites is 1. The number of benzene rings is 1. The van der Waals surface area contributed by atoms with Crippen molar-refractivity contribution in [3.05, 3.63) is 59.3 Å². The number of nitrogens with one attached hydrogen (secondary N) is 1. The van der Waals surface area contributed by atoms with E-state index in [2.05, 4.69) is 27.7 Å². The van der Waals surface area contributed by atoms with Crippen molar-refractivity contribution in [2.75, 3.05) is 23.3 Å². The minimum Gasteiger partial charge on any atom is -0.368 e. The Balaban J connectivity index is 1.37. The highest BCUT2D eigenvalue weighted by Crippen LogP contribution is 2.27. The molecule has 2 aliphatic rings. The van der Waals surface area contributed by atoms with Crippen LogP contribution in [0.5, 0.6) is 0 Å². The molecule has 1 amide bonds. The monoisotopic (exact) mass is 362 g/mol. The van der Waals surface area contributed by atoms with Crippen molar-refractivity contribution < 1.29 is 4.79 Å². The average molecular weight is 362 g/mol. The molecule has 0 bridgehead atoms. The second-order valence-electron chi connectivity index (χ2n) is 7.28. The Labute approximate surface area is 160 Å². The molecule has 1 aliphatic heterocycles. The highest BCUT2D eigenvalue weighted by Gasteiger charge is 2.24. The van der Waals surface area contributed by atoms with Gasteiger partial charge in [-0.3, -0.25) is 4.79 Å². The van der Waals surface area contributed by atoms with Gasteiger partial charge in [0.2, 0.25) is 0 Å². The Morgan fingerprint density at radius 3 is 2.78 bits per heavy atom. The Morgan fingerprint density at radius 1 is 1.04 bits per heavy atom. The van der Waals surface area contributed by atoms with Crippen LogP contribution >= 0.6 is 0 Å². The number of carbonyl (C=O) groups is 1. The van der Waals surface area contributed by atoms with Gasteiger partial charge < -0.3 is 10.2 Å². The maximum absolute atomic E-state index is 12.9. The molecule has 0 atom stereocenters. The number of anilines is 2. The molecule has 2 aromatic rings. The van der Waals surface area contributed by atoms with E-state index in [-0.39, 0.29) is 5.91 Å². The molecule has 5 heteroatoms. The number of fused-ring (bicyclic) bond motifs is 1. The van der Waals surface area contributed by atoms with E-state index in [1.54, 1.807) is 6.07 Å². The maximum Gasteiger partial charge on any atom is 0.278 e. The van der Waals surface area contributed by atoms with E-state index in [0.29, 0.717) is 5.69 Å². The Morgan fingerprint density at radius 2 is 1.96 bits per heavy atom. The molecule has 0 saturated heterocycles. The van der Waals surface area contributed by atoms with E-state index < -0.39 is 0 Å². The lowest BCUT2D eigenvalue weighted by Gasteiger charge is -2.29. The van der Waals surface area contributed by atoms with E-state index in [9.17, 15) is 4.79 Å². The number of amides is 1. The lowest BCUT2D eigenvalue weighted by molar-refractivity contribution is 0.0979. The summed E-state index contributed by atoms with van der Waals surface area (Å²) in [4.78, 5) is 14.7. The van der Waals surface area contributed by atoms with E-state index >= 15 is 0 Å². The molecule has 0 saturated carbocycles. The summed E-state index contributed by atoms with van der Waals surface area (Å²) < 4.78 is 0. The van der Waals surface area contributed by atoms with E-state index in [1.807, 2.05) is 29.2 Å². The number of hydrogen-bond donors (Lipinski definition) is 1. The highest BCUT2D eigenvalue weighted by atomic mass is 16.2. The third-order valence-electron chi connectivity index (χ3n) is 5.38. The van der Waals surface area contributed by atoms with Crippen LogP contribution in [0.25, 0.3) is 0 Å². The maximum atomic E-state index is 12.9. The van der Waals surface area contributed by atoms with E-state index in [4.69, 9.17) is 0 Å². The van der Waals surface area contributed by atoms with Gasteiger partial charge in [0.15, 0.2) is 5.69 Å². The molecule has 27 heavy (non-hydrogen) atoms. The third kappa shape index (κ3) is 4.18. The van der Waals surface area contributed by atoms with Gasteiger partial charge in [-0.1, -0.05) is 29.8 Å². The standard InChI is InChI=1S/C22H26N4O/c27-22(26-16-6-10-18-9-4-5-11-20(18)26)19-12-13-21(25-24-19)23-15-14-17-7-2-1-3-8-17/h4-5,7,9,11-13H,1-3,6,8,10,14-16H2,(H,23,25). The molecule has 1 N–H and O–H groups in total. The first-order valence-corrected chi connectivity index (χ1v) is 9.96. The molecule has 5 nitrogen and oxygen atoms in total. The quantitative estimate of drug-likeness (QED) is 0.802. The predicted octanol–water partition coefficient (Wildman–Crippen LogP) is 4.37. The fraction of sp³-hybridized carbons (Fsp3) is 0.409. The van der Waals surface area contributed by atoms with Crippen molar-refractivity contribution in [2.24, 2.45) is 0 Å². The molecule has 2 heterocycles. The van der Waals surface area contributed by atoms with Crippen molar-refractivity contribution in [3.8, 4) is 0 Å². The molecule has 140 valence electrons. The first kappa shape index (κ1) is 17.7. The number of rotatable bonds is 5. The summed E-state index contributed by atoms with van der Waals surface area (Å²) in [6, 6.07) is 11.7. The summed E-state index contributed by atoms with van der Waals surface area (Å²) in [5, 5.41) is 11.7. The van der Waals surface area contributed by atoms with Crippen LogP contribution in [0.2, 0.25) is 0 Å². The Bertz CT molecular complexity index is 828. The van der Waals surface area contributed by atoms with Gasteiger partial charge in [0.1, 0.15) is 5.82 Å². The van der Waals surface area contributed by atoms with Crippen LogP contribution in [0.15, 0.2) is 48.0 Å². The molecule has 1 aromatic heterocycles. The van der Waals surface area contributed by atoms with Gasteiger partial charge in [-0.15, -0.1) is 10.2 Å². The van der Waals surface area contributed by atoms with Crippen LogP contribution < -0.4 is 10.2 Å². The summed E-state index contributed by atoms with van der Waals surface area (Å²) in [5.74, 6) is 0.649. The molecular weight excluding hydrogens is 336 g/mol. The van der Waals surface area contributed by atoms with E-state index in [0.717, 1.165) is 43.9 Å². The number of nitrogens with zero attached hydrogens (tertiary/aromatic N) is 3. The van der Waals surface area contributed by atoms with Crippen LogP contribution in [-0.2, 0) is 6.42 Å². The van der Waals surface area contributed by atoms with Crippen molar-refractivity contribution in [1.82, 2.24) is 10.2 Å². The number of aromatic nitrogens is 2. The Kier molecular flexibility index (Phi) is 5.47. The van der Waals surface area contributed by atoms with Crippen molar-refractivity contribution in [3.63, 3.8) is 0 Å². The van der Waals surface area contributed by atoms with Crippen LogP contribution in [-0.4, -0.2) is 29.2 Å². The molecule has 1 aromatic carbocycles. The average Bonchev–Trinajstić information content (AvgIpc) is 2.74. The molecule has 0 fully saturated rings. The SMILES string of the molecule is O=C(c1ccc(NCCC2=CCCCC2)nn1)N1CCCc2ccccc21. The molecular formula is C22H26N4O. The van der Waals surface area contributed by atoms with Crippen LogP contribution in [0, 0.1) is 0 Å². The molecule has 4 rings (SSSR count). The summed E-state index contributed by atoms with van der Waals surface area (Å²) in [5.41, 5.74) is 4.16. The normalized spacial score (nSPS) is 16.4. The smallest absolute Gasteiger partial charge is 0.278 e. The zero-order chi connectivity index (χ0) is 18.5. The summed E-state index contributed by atoms with van der Waals surface area (Å²) in [6.07, 6.45) is 10.5. The number of carbonyl (C=O) groups excluding carboxylic acids is 1. The molecule has 1 aliphatic carbocycles. The predicted molar refractivity (Wildman–Crippen MR) is 108 cm³/mol. The zero-order valence-corrected chi connectivity index (χ0v) is 15.7. The summed E-state index contributed by atoms with van der Waals surface area (Å²) >= 11 is 0. The number of aryl methyl sites for hydroxylation is 1. The second kappa shape index (κ2) is 8.33. The number of hydrogen-bond acceptors (Lipinski definition) is 4. The third-order valence-corrected chi connectivity index (χ3v) is 5.38. The molecule has 0 spiro atoms. The van der Waals surface area contributed by atoms with Crippen molar-refractivity contribution in [2.45, 2.75) is 44.9 Å². The van der Waals surface area contributed by atoms with Gasteiger partial charge in [-0.25, -0.2) is 0 Å². The minimum absolute atomic E-state index is 0.0754. The second-order valence-corrected chi connectivity index (χ2v) is 7.28. The lowest BCUT2D eigenvalue weighted by atomic mass is 9.97. The highest BCUT2D eigenvalue weighted by molar-refractivity contribution is 6.05. The van der Waals surface area contributed by atoms with Gasteiger partial charge in [0.05, 0.1) is 0 Å². The summed E-state index contributed by atoms with van der Waals surface area (Å²) in [7, 11) is 0. The van der Waals surface area contributed by atoms with Gasteiger partial charge in [-0.05, 0) is 68.7 Å². The fourth-order valence-corrected chi connectivity index (χ4v) is 3.91. The van der Waals surface area contributed by atoms with Crippen LogP contribution in [0.1, 0.15) is 54.6 Å². The van der Waals surface area contributed by atoms with E-state index in [1.165, 1.54) is 36.8 Å². The first-order chi connectivity index (χ1) is 13.3. The largest absolute Gasteiger partial charge is 0.368 e. The van der Waals surface area contributed by atoms with Gasteiger partial charge >= 0.3 is 0 Å². The van der Waals surface area contributed by atoms with Crippen LogP contribution in [0.3, 0.4) is 0 Å². The first-order valence-electron chi connectivity index (χ1n) is 9.96. The Hall–Kier alpha value is -2.69. The van der Waals surface area contributed by atoms with Crippen molar-refractivity contribution >= 4 is 17.4 Å². The number of allylic oxidation sites excluding steroid dienone is 1. The zero-order valence-electron chi connectivity index (χ0n) is 15.7. The summed E-state index contributed by atoms with van der Waals surface area (Å²) in [6.45, 7) is 1.58. The fourth-order valence-electron chi connectivity index (χ4n) is 3.91. The van der Waals surface area contributed by atoms with Crippen LogP contribution in [0.4, 0.5) is 11.5 Å². The molecule has 0 radical (unpaired) electrons. The lowest BCUT2D eigenvalue weighted by Crippen LogP contribution is -2.36. The topological polar surface area (TPSA) is 58.1 Å². The van der Waals surface area contributed by atoms with Crippen molar-refractivity contribution in [1.29, 1.82) is 0 Å². The van der Waals surface area contributed by atoms with Gasteiger partial charge in [0, 0.05) is 18.8 Å². The minimum atomic E-state index is -0.0754. The van der Waals surface area contributed by atoms with Gasteiger partial charge in [0.25, 0.3) is 5.91 Å². The molecule has 0 unspecified atom stereocenters. The van der Waals surface area contributed by atoms with Gasteiger partial charge in [-0.2, -0.15) is 0 Å².